The lowest BCUT2D eigenvalue weighted by Gasteiger charge is -2.36. The molecule has 1 aromatic carbocycles. The number of nitrogens with zero attached hydrogens (tertiary/aromatic N) is 6. The van der Waals surface area contributed by atoms with Crippen molar-refractivity contribution in [2.75, 3.05) is 74.7 Å². The molecule has 11 heteroatoms. The second-order valence-electron chi connectivity index (χ2n) is 8.01. The molecule has 2 saturated heterocycles. The molecule has 174 valence electrons. The van der Waals surface area contributed by atoms with E-state index in [2.05, 4.69) is 56.7 Å². The van der Waals surface area contributed by atoms with E-state index >= 15 is 0 Å². The molecule has 0 atom stereocenters. The maximum Gasteiger partial charge on any atom is 0.281 e. The molecule has 0 bridgehead atoms. The highest BCUT2D eigenvalue weighted by molar-refractivity contribution is 14.1. The summed E-state index contributed by atoms with van der Waals surface area (Å²) in [4.78, 5) is 14.4. The molecular formula is C21H29IN6O2S2. The summed E-state index contributed by atoms with van der Waals surface area (Å²) in [6.45, 7) is 4.00. The van der Waals surface area contributed by atoms with Crippen LogP contribution < -0.4 is 9.80 Å². The smallest absolute Gasteiger partial charge is 0.281 e. The molecule has 0 spiro atoms. The van der Waals surface area contributed by atoms with Gasteiger partial charge in [-0.3, -0.25) is 0 Å². The highest BCUT2D eigenvalue weighted by Crippen LogP contribution is 2.31. The van der Waals surface area contributed by atoms with Crippen molar-refractivity contribution in [3.63, 3.8) is 0 Å². The number of piperazine rings is 1. The van der Waals surface area contributed by atoms with Gasteiger partial charge in [0.25, 0.3) is 10.2 Å². The van der Waals surface area contributed by atoms with E-state index in [1.807, 2.05) is 18.0 Å². The quantitative estimate of drug-likeness (QED) is 0.380. The molecule has 2 fully saturated rings. The van der Waals surface area contributed by atoms with Gasteiger partial charge in [0, 0.05) is 74.9 Å². The van der Waals surface area contributed by atoms with E-state index in [1.165, 1.54) is 14.2 Å². The van der Waals surface area contributed by atoms with Gasteiger partial charge in [0.2, 0.25) is 0 Å². The van der Waals surface area contributed by atoms with Gasteiger partial charge in [0.1, 0.15) is 11.5 Å². The molecule has 0 saturated carbocycles. The molecular weight excluding hydrogens is 559 g/mol. The molecule has 2 aromatic rings. The normalized spacial score (nSPS) is 18.4. The van der Waals surface area contributed by atoms with E-state index < -0.39 is 10.2 Å². The fourth-order valence-electron chi connectivity index (χ4n) is 3.86. The number of hydrogen-bond acceptors (Lipinski definition) is 7. The molecule has 0 N–H and O–H groups in total. The Labute approximate surface area is 208 Å². The Hall–Kier alpha value is -1.15. The SMILES string of the molecule is CN(C)S(=O)(=O)N1CCN(c2cnc(N3CCSCC3)c(-c3ccc(CI)cc3)n2)CC1. The van der Waals surface area contributed by atoms with Crippen molar-refractivity contribution >= 4 is 56.2 Å². The molecule has 0 radical (unpaired) electrons. The minimum absolute atomic E-state index is 0.437. The van der Waals surface area contributed by atoms with Crippen LogP contribution in [-0.4, -0.2) is 91.9 Å². The number of anilines is 2. The largest absolute Gasteiger partial charge is 0.353 e. The summed E-state index contributed by atoms with van der Waals surface area (Å²) in [6.07, 6.45) is 1.84. The van der Waals surface area contributed by atoms with E-state index in [1.54, 1.807) is 14.1 Å². The fraction of sp³-hybridized carbons (Fsp3) is 0.524. The summed E-state index contributed by atoms with van der Waals surface area (Å²) in [5, 5.41) is 0. The van der Waals surface area contributed by atoms with E-state index in [0.717, 1.165) is 51.9 Å². The number of hydrogen-bond donors (Lipinski definition) is 0. The Morgan fingerprint density at radius 3 is 2.25 bits per heavy atom. The summed E-state index contributed by atoms with van der Waals surface area (Å²) < 4.78 is 28.6. The molecule has 0 aliphatic carbocycles. The van der Waals surface area contributed by atoms with Gasteiger partial charge >= 0.3 is 0 Å². The average Bonchev–Trinajstić information content (AvgIpc) is 2.84. The number of aromatic nitrogens is 2. The van der Waals surface area contributed by atoms with Crippen LogP contribution in [0.2, 0.25) is 0 Å². The predicted octanol–water partition coefficient (Wildman–Crippen LogP) is 2.56. The zero-order valence-electron chi connectivity index (χ0n) is 18.4. The number of halogens is 1. The highest BCUT2D eigenvalue weighted by atomic mass is 127. The lowest BCUT2D eigenvalue weighted by atomic mass is 10.1. The topological polar surface area (TPSA) is 72.9 Å². The third kappa shape index (κ3) is 5.16. The number of benzene rings is 1. The number of thioether (sulfide) groups is 1. The summed E-state index contributed by atoms with van der Waals surface area (Å²) >= 11 is 4.35. The van der Waals surface area contributed by atoms with Gasteiger partial charge in [-0.05, 0) is 5.56 Å². The van der Waals surface area contributed by atoms with Crippen LogP contribution in [0.5, 0.6) is 0 Å². The van der Waals surface area contributed by atoms with Gasteiger partial charge in [-0.2, -0.15) is 28.8 Å². The van der Waals surface area contributed by atoms with E-state index in [0.29, 0.717) is 26.2 Å². The maximum absolute atomic E-state index is 12.4. The average molecular weight is 589 g/mol. The number of rotatable bonds is 6. The van der Waals surface area contributed by atoms with Crippen molar-refractivity contribution in [1.82, 2.24) is 18.6 Å². The first-order valence-corrected chi connectivity index (χ1v) is 14.8. The molecule has 2 aliphatic rings. The van der Waals surface area contributed by atoms with Gasteiger partial charge in [0.05, 0.1) is 6.20 Å². The highest BCUT2D eigenvalue weighted by Gasteiger charge is 2.29. The van der Waals surface area contributed by atoms with Crippen molar-refractivity contribution in [3.8, 4) is 11.3 Å². The minimum atomic E-state index is -3.39. The first-order valence-electron chi connectivity index (χ1n) is 10.7. The van der Waals surface area contributed by atoms with Crippen LogP contribution in [0, 0.1) is 0 Å². The third-order valence-electron chi connectivity index (χ3n) is 5.78. The molecule has 8 nitrogen and oxygen atoms in total. The van der Waals surface area contributed by atoms with Crippen LogP contribution in [0.4, 0.5) is 11.6 Å². The van der Waals surface area contributed by atoms with Gasteiger partial charge in [0.15, 0.2) is 5.82 Å². The Balaban J connectivity index is 1.61. The maximum atomic E-state index is 12.4. The van der Waals surface area contributed by atoms with Crippen LogP contribution in [0.1, 0.15) is 5.56 Å². The summed E-state index contributed by atoms with van der Waals surface area (Å²) in [5.74, 6) is 3.93. The van der Waals surface area contributed by atoms with Gasteiger partial charge in [-0.25, -0.2) is 9.97 Å². The van der Waals surface area contributed by atoms with Gasteiger partial charge in [-0.1, -0.05) is 46.9 Å². The molecule has 2 aliphatic heterocycles. The zero-order valence-corrected chi connectivity index (χ0v) is 22.2. The second-order valence-corrected chi connectivity index (χ2v) is 12.1. The molecule has 3 heterocycles. The lowest BCUT2D eigenvalue weighted by molar-refractivity contribution is 0.355. The van der Waals surface area contributed by atoms with Crippen molar-refractivity contribution in [2.24, 2.45) is 0 Å². The Morgan fingerprint density at radius 1 is 1.00 bits per heavy atom. The van der Waals surface area contributed by atoms with Crippen LogP contribution in [0.25, 0.3) is 11.3 Å². The summed E-state index contributed by atoms with van der Waals surface area (Å²) in [5.41, 5.74) is 3.25. The van der Waals surface area contributed by atoms with Crippen LogP contribution >= 0.6 is 34.4 Å². The molecule has 0 unspecified atom stereocenters. The van der Waals surface area contributed by atoms with Crippen molar-refractivity contribution in [1.29, 1.82) is 0 Å². The van der Waals surface area contributed by atoms with Crippen LogP contribution in [-0.2, 0) is 14.6 Å². The molecule has 1 aromatic heterocycles. The fourth-order valence-corrected chi connectivity index (χ4v) is 6.35. The Bertz CT molecular complexity index is 1020. The standard InChI is InChI=1S/C21H29IN6O2S2/c1-25(2)32(29,30)28-9-7-26(8-10-28)19-16-23-21(27-11-13-31-14-12-27)20(24-19)18-5-3-17(15-22)4-6-18/h3-6,16H,7-15H2,1-2H3. The third-order valence-corrected chi connectivity index (χ3v) is 9.55. The second kappa shape index (κ2) is 10.4. The summed E-state index contributed by atoms with van der Waals surface area (Å²) in [7, 11) is -0.250. The van der Waals surface area contributed by atoms with Crippen molar-refractivity contribution in [2.45, 2.75) is 4.43 Å². The Morgan fingerprint density at radius 2 is 1.66 bits per heavy atom. The van der Waals surface area contributed by atoms with E-state index in [4.69, 9.17) is 9.97 Å². The monoisotopic (exact) mass is 588 g/mol. The van der Waals surface area contributed by atoms with E-state index in [9.17, 15) is 8.42 Å². The predicted molar refractivity (Wildman–Crippen MR) is 141 cm³/mol. The van der Waals surface area contributed by atoms with Crippen LogP contribution in [0.3, 0.4) is 0 Å². The van der Waals surface area contributed by atoms with E-state index in [-0.39, 0.29) is 0 Å². The van der Waals surface area contributed by atoms with Gasteiger partial charge in [-0.15, -0.1) is 0 Å². The number of alkyl halides is 1. The minimum Gasteiger partial charge on any atom is -0.353 e. The molecule has 0 amide bonds. The van der Waals surface area contributed by atoms with Crippen molar-refractivity contribution < 1.29 is 8.42 Å². The lowest BCUT2D eigenvalue weighted by Crippen LogP contribution is -2.52. The Kier molecular flexibility index (Phi) is 7.81. The first kappa shape index (κ1) is 24.0. The zero-order chi connectivity index (χ0) is 22.7. The molecule has 4 rings (SSSR count). The van der Waals surface area contributed by atoms with Gasteiger partial charge < -0.3 is 9.80 Å². The van der Waals surface area contributed by atoms with Crippen LogP contribution in [0.15, 0.2) is 30.5 Å². The summed E-state index contributed by atoms with van der Waals surface area (Å²) in [6, 6.07) is 8.56. The molecule has 32 heavy (non-hydrogen) atoms. The van der Waals surface area contributed by atoms with Crippen molar-refractivity contribution in [3.05, 3.63) is 36.0 Å². The first-order chi connectivity index (χ1) is 15.4.